The molecule has 0 aliphatic carbocycles. The van der Waals surface area contributed by atoms with Gasteiger partial charge >= 0.3 is 23.9 Å². The van der Waals surface area contributed by atoms with Gasteiger partial charge in [0.15, 0.2) is 6.10 Å². The highest BCUT2D eigenvalue weighted by atomic mass is 16.8. The first-order chi connectivity index (χ1) is 21.5. The number of fused-ring (bicyclic) bond motifs is 2. The van der Waals surface area contributed by atoms with Gasteiger partial charge in [-0.1, -0.05) is 77.1 Å². The first-order valence-corrected chi connectivity index (χ1v) is 15.2. The lowest BCUT2D eigenvalue weighted by Crippen LogP contribution is -2.78. The minimum Gasteiger partial charge on any atom is -0.479 e. The molecule has 13 heteroatoms. The molecule has 0 saturated carbocycles. The molecule has 0 amide bonds. The normalized spacial score (nSPS) is 31.5. The van der Waals surface area contributed by atoms with Crippen molar-refractivity contribution in [3.05, 3.63) is 60.2 Å². The van der Waals surface area contributed by atoms with Gasteiger partial charge < -0.3 is 44.8 Å². The summed E-state index contributed by atoms with van der Waals surface area (Å²) in [6.07, 6.45) is -4.84. The van der Waals surface area contributed by atoms with Crippen LogP contribution in [0.4, 0.5) is 0 Å². The Kier molecular flexibility index (Phi) is 11.6. The van der Waals surface area contributed by atoms with Crippen molar-refractivity contribution in [2.75, 3.05) is 0 Å². The van der Waals surface area contributed by atoms with Crippen LogP contribution in [-0.4, -0.2) is 95.9 Å². The third kappa shape index (κ3) is 6.88. The van der Waals surface area contributed by atoms with E-state index >= 15 is 0 Å². The molecule has 0 unspecified atom stereocenters. The molecule has 0 radical (unpaired) electrons. The summed E-state index contributed by atoms with van der Waals surface area (Å²) in [6, 6.07) is 9.31. The molecule has 10 atom stereocenters. The van der Waals surface area contributed by atoms with Crippen LogP contribution >= 0.6 is 0 Å². The number of carbonyl (C=O) groups is 4. The summed E-state index contributed by atoms with van der Waals surface area (Å²) in [5, 5.41) is 64.1. The largest absolute Gasteiger partial charge is 0.479 e. The maximum atomic E-state index is 12.9. The number of carboxylic acid groups (broad SMARTS) is 3. The van der Waals surface area contributed by atoms with Gasteiger partial charge in [0.05, 0.1) is 6.10 Å². The molecule has 6 N–H and O–H groups in total. The Morgan fingerprint density at radius 1 is 1.07 bits per heavy atom. The van der Waals surface area contributed by atoms with Crippen LogP contribution in [0.3, 0.4) is 0 Å². The van der Waals surface area contributed by atoms with Crippen LogP contribution in [-0.2, 0) is 39.8 Å². The maximum absolute atomic E-state index is 12.9. The van der Waals surface area contributed by atoms with Crippen LogP contribution in [0.25, 0.3) is 0 Å². The maximum Gasteiger partial charge on any atom is 0.344 e. The van der Waals surface area contributed by atoms with Gasteiger partial charge in [-0.15, -0.1) is 0 Å². The topological polar surface area (TPSA) is 217 Å². The Bertz CT molecular complexity index is 1330. The van der Waals surface area contributed by atoms with E-state index in [0.29, 0.717) is 18.8 Å². The number of allylic oxidation sites excluding steroid dienone is 1. The van der Waals surface area contributed by atoms with Crippen molar-refractivity contribution in [3.63, 3.8) is 0 Å². The van der Waals surface area contributed by atoms with Crippen LogP contribution < -0.4 is 0 Å². The van der Waals surface area contributed by atoms with E-state index in [2.05, 4.69) is 6.58 Å². The van der Waals surface area contributed by atoms with Crippen molar-refractivity contribution in [2.45, 2.75) is 101 Å². The van der Waals surface area contributed by atoms with Gasteiger partial charge in [0, 0.05) is 12.5 Å². The Hall–Kier alpha value is -3.62. The zero-order valence-corrected chi connectivity index (χ0v) is 26.4. The van der Waals surface area contributed by atoms with Crippen molar-refractivity contribution in [2.24, 2.45) is 17.8 Å². The Labute approximate surface area is 267 Å². The van der Waals surface area contributed by atoms with Gasteiger partial charge in [0.2, 0.25) is 23.1 Å². The molecule has 0 aromatic heterocycles. The zero-order chi connectivity index (χ0) is 34.6. The van der Waals surface area contributed by atoms with E-state index in [0.717, 1.165) is 18.1 Å². The number of carboxylic acids is 3. The van der Waals surface area contributed by atoms with Crippen molar-refractivity contribution in [1.82, 2.24) is 0 Å². The molecule has 13 nitrogen and oxygen atoms in total. The number of benzene rings is 1. The Balaban J connectivity index is 1.96. The highest BCUT2D eigenvalue weighted by Crippen LogP contribution is 2.55. The average molecular weight is 649 g/mol. The van der Waals surface area contributed by atoms with Gasteiger partial charge in [-0.25, -0.2) is 19.2 Å². The number of esters is 1. The van der Waals surface area contributed by atoms with E-state index in [9.17, 15) is 49.8 Å². The zero-order valence-electron chi connectivity index (χ0n) is 26.4. The fourth-order valence-electron chi connectivity index (χ4n) is 6.22. The van der Waals surface area contributed by atoms with E-state index in [-0.39, 0.29) is 23.8 Å². The third-order valence-electron chi connectivity index (χ3n) is 9.03. The lowest BCUT2D eigenvalue weighted by molar-refractivity contribution is -0.374. The fourth-order valence-corrected chi connectivity index (χ4v) is 6.22. The number of rotatable bonds is 16. The highest BCUT2D eigenvalue weighted by molar-refractivity contribution is 5.98. The summed E-state index contributed by atoms with van der Waals surface area (Å²) in [5.74, 6) is -10.6. The first kappa shape index (κ1) is 36.8. The number of aliphatic carboxylic acids is 3. The van der Waals surface area contributed by atoms with Crippen LogP contribution in [0.15, 0.2) is 54.6 Å². The van der Waals surface area contributed by atoms with Crippen LogP contribution in [0, 0.1) is 17.8 Å². The average Bonchev–Trinajstić information content (AvgIpc) is 3.22. The number of carbonyl (C=O) groups excluding carboxylic acids is 1. The molecule has 0 spiro atoms. The molecule has 2 aliphatic heterocycles. The minimum atomic E-state index is -3.87. The van der Waals surface area contributed by atoms with Gasteiger partial charge in [-0.05, 0) is 48.2 Å². The molecule has 2 bridgehead atoms. The van der Waals surface area contributed by atoms with Crippen LogP contribution in [0.2, 0.25) is 0 Å². The molecule has 3 rings (SSSR count). The second-order valence-corrected chi connectivity index (χ2v) is 12.5. The lowest BCUT2D eigenvalue weighted by Gasteiger charge is -2.48. The molecular formula is C33H44O13. The number of hydrogen-bond acceptors (Lipinski definition) is 10. The summed E-state index contributed by atoms with van der Waals surface area (Å²) < 4.78 is 16.3. The SMILES string of the molecule is C=C(CC[C@]12O[C@H](C(=O)O)[C@@](O)(C(=O)O)[C@](C(=O)O)(O1)[C@H](OC(=O)/C=C/[C@@H](C)C[C@@H](C)CC)[C@H]2O)[C@H](O)[C@@H](C)Cc1ccccc1. The minimum absolute atomic E-state index is 0.108. The van der Waals surface area contributed by atoms with E-state index < -0.39 is 71.7 Å². The second-order valence-electron chi connectivity index (χ2n) is 12.5. The standard InChI is InChI=1S/C33H44O13/c1-6-18(2)16-19(3)12-13-23(34)44-26-25(36)31(15-14-20(4)24(35)21(5)17-22-10-8-7-9-11-22)45-27(28(37)38)32(43,29(39)40)33(26,46-31)30(41)42/h7-13,18-19,21,24-27,35-36,43H,4,6,14-17H2,1-3,5H3,(H,37,38)(H,39,40)(H,41,42)/b13-12+/t18-,19+,21-,24-,25+,26+,27+,31-,32+,33-/m0/s1. The van der Waals surface area contributed by atoms with Crippen molar-refractivity contribution < 1.29 is 64.0 Å². The van der Waals surface area contributed by atoms with Gasteiger partial charge in [0.1, 0.15) is 6.10 Å². The van der Waals surface area contributed by atoms with Gasteiger partial charge in [0.25, 0.3) is 0 Å². The Morgan fingerprint density at radius 2 is 1.70 bits per heavy atom. The second kappa shape index (κ2) is 14.4. The lowest BCUT2D eigenvalue weighted by atomic mass is 9.74. The predicted octanol–water partition coefficient (Wildman–Crippen LogP) is 2.31. The summed E-state index contributed by atoms with van der Waals surface area (Å²) in [5.41, 5.74) is -6.25. The summed E-state index contributed by atoms with van der Waals surface area (Å²) in [4.78, 5) is 50.5. The quantitative estimate of drug-likeness (QED) is 0.0863. The van der Waals surface area contributed by atoms with Crippen molar-refractivity contribution in [1.29, 1.82) is 0 Å². The molecule has 2 saturated heterocycles. The summed E-state index contributed by atoms with van der Waals surface area (Å²) in [6.45, 7) is 11.5. The van der Waals surface area contributed by atoms with Crippen LogP contribution in [0.5, 0.6) is 0 Å². The highest BCUT2D eigenvalue weighted by Gasteiger charge is 2.85. The molecule has 1 aromatic carbocycles. The molecule has 2 fully saturated rings. The van der Waals surface area contributed by atoms with Crippen LogP contribution in [0.1, 0.15) is 58.9 Å². The fraction of sp³-hybridized carbons (Fsp3) is 0.576. The van der Waals surface area contributed by atoms with E-state index in [4.69, 9.17) is 14.2 Å². The summed E-state index contributed by atoms with van der Waals surface area (Å²) >= 11 is 0. The van der Waals surface area contributed by atoms with Crippen molar-refractivity contribution >= 4 is 23.9 Å². The number of aliphatic hydroxyl groups is 3. The number of ether oxygens (including phenoxy) is 3. The molecule has 2 aliphatic rings. The predicted molar refractivity (Wildman–Crippen MR) is 161 cm³/mol. The number of aliphatic hydroxyl groups excluding tert-OH is 2. The van der Waals surface area contributed by atoms with Gasteiger partial charge in [-0.3, -0.25) is 0 Å². The third-order valence-corrected chi connectivity index (χ3v) is 9.03. The number of hydrogen-bond donors (Lipinski definition) is 6. The first-order valence-electron chi connectivity index (χ1n) is 15.2. The molecular weight excluding hydrogens is 604 g/mol. The smallest absolute Gasteiger partial charge is 0.344 e. The van der Waals surface area contributed by atoms with E-state index in [1.54, 1.807) is 6.92 Å². The monoisotopic (exact) mass is 648 g/mol. The molecule has 46 heavy (non-hydrogen) atoms. The van der Waals surface area contributed by atoms with Crippen molar-refractivity contribution in [3.8, 4) is 0 Å². The molecule has 2 heterocycles. The molecule has 254 valence electrons. The van der Waals surface area contributed by atoms with E-state index in [1.807, 2.05) is 51.1 Å². The summed E-state index contributed by atoms with van der Waals surface area (Å²) in [7, 11) is 0. The molecule has 1 aromatic rings. The van der Waals surface area contributed by atoms with E-state index in [1.165, 1.54) is 6.08 Å². The Morgan fingerprint density at radius 3 is 2.24 bits per heavy atom. The van der Waals surface area contributed by atoms with Gasteiger partial charge in [-0.2, -0.15) is 0 Å².